The Bertz CT molecular complexity index is 1220. The molecular weight excluding hydrogens is 421 g/mol. The molecule has 1 saturated heterocycles. The topological polar surface area (TPSA) is 79.3 Å². The predicted molar refractivity (Wildman–Crippen MR) is 120 cm³/mol. The van der Waals surface area contributed by atoms with Gasteiger partial charge in [0.15, 0.2) is 0 Å². The molecule has 5 rings (SSSR count). The number of benzene rings is 1. The molecule has 168 valence electrons. The van der Waals surface area contributed by atoms with Gasteiger partial charge in [-0.05, 0) is 49.6 Å². The van der Waals surface area contributed by atoms with E-state index in [1.54, 1.807) is 46.3 Å². The largest absolute Gasteiger partial charge is 0.337 e. The molecule has 1 atom stereocenters. The van der Waals surface area contributed by atoms with Crippen LogP contribution in [0.2, 0.25) is 0 Å². The fourth-order valence-corrected chi connectivity index (χ4v) is 4.57. The van der Waals surface area contributed by atoms with Gasteiger partial charge in [0.05, 0.1) is 6.54 Å². The van der Waals surface area contributed by atoms with Gasteiger partial charge >= 0.3 is 0 Å². The highest BCUT2D eigenvalue weighted by atomic mass is 19.1. The summed E-state index contributed by atoms with van der Waals surface area (Å²) in [7, 11) is 0. The summed E-state index contributed by atoms with van der Waals surface area (Å²) in [5.41, 5.74) is 2.94. The molecule has 2 aliphatic rings. The molecule has 0 aliphatic carbocycles. The van der Waals surface area contributed by atoms with Gasteiger partial charge in [-0.15, -0.1) is 0 Å². The number of amides is 2. The van der Waals surface area contributed by atoms with Crippen LogP contribution in [-0.2, 0) is 17.8 Å². The highest BCUT2D eigenvalue weighted by Gasteiger charge is 2.33. The molecule has 2 aliphatic heterocycles. The Labute approximate surface area is 191 Å². The molecule has 0 saturated carbocycles. The maximum Gasteiger partial charge on any atom is 0.272 e. The maximum absolute atomic E-state index is 13.7. The summed E-state index contributed by atoms with van der Waals surface area (Å²) < 4.78 is 13.7. The number of halogens is 1. The lowest BCUT2D eigenvalue weighted by Crippen LogP contribution is -2.36. The predicted octanol–water partition coefficient (Wildman–Crippen LogP) is 3.43. The van der Waals surface area contributed by atoms with Gasteiger partial charge in [0.25, 0.3) is 5.91 Å². The van der Waals surface area contributed by atoms with Crippen LogP contribution in [0.3, 0.4) is 0 Å². The minimum atomic E-state index is -0.333. The standard InChI is InChI=1S/C25H24FN5O2/c1-16-20-8-9-22(32)31(14-17-5-4-6-19(26)13-17)24(20)29-23(28-16)18-10-12-30(15-18)25(33)21-7-2-3-11-27-21/h2-7,11,13,18H,8-10,12,14-15H2,1H3/t18-/m0/s1. The van der Waals surface area contributed by atoms with Crippen LogP contribution < -0.4 is 4.90 Å². The Balaban J connectivity index is 1.41. The molecule has 0 bridgehead atoms. The summed E-state index contributed by atoms with van der Waals surface area (Å²) in [4.78, 5) is 42.7. The van der Waals surface area contributed by atoms with Gasteiger partial charge < -0.3 is 4.90 Å². The van der Waals surface area contributed by atoms with E-state index in [2.05, 4.69) is 4.98 Å². The molecule has 3 aromatic rings. The molecule has 1 fully saturated rings. The van der Waals surface area contributed by atoms with Gasteiger partial charge in [-0.25, -0.2) is 14.4 Å². The summed E-state index contributed by atoms with van der Waals surface area (Å²) >= 11 is 0. The number of rotatable bonds is 4. The first-order chi connectivity index (χ1) is 16.0. The zero-order chi connectivity index (χ0) is 22.9. The fourth-order valence-electron chi connectivity index (χ4n) is 4.57. The number of likely N-dealkylation sites (tertiary alicyclic amines) is 1. The van der Waals surface area contributed by atoms with E-state index in [-0.39, 0.29) is 30.1 Å². The van der Waals surface area contributed by atoms with E-state index >= 15 is 0 Å². The number of hydrogen-bond donors (Lipinski definition) is 0. The average molecular weight is 445 g/mol. The highest BCUT2D eigenvalue weighted by molar-refractivity contribution is 5.95. The number of pyridine rings is 1. The number of nitrogens with zero attached hydrogens (tertiary/aromatic N) is 5. The summed E-state index contributed by atoms with van der Waals surface area (Å²) in [6.45, 7) is 3.30. The van der Waals surface area contributed by atoms with Crippen molar-refractivity contribution in [1.82, 2.24) is 19.9 Å². The van der Waals surface area contributed by atoms with Gasteiger partial charge in [-0.1, -0.05) is 18.2 Å². The van der Waals surface area contributed by atoms with Crippen LogP contribution in [0, 0.1) is 12.7 Å². The van der Waals surface area contributed by atoms with Gasteiger partial charge in [-0.2, -0.15) is 0 Å². The summed E-state index contributed by atoms with van der Waals surface area (Å²) in [5, 5.41) is 0. The number of carbonyl (C=O) groups is 2. The van der Waals surface area contributed by atoms with E-state index < -0.39 is 0 Å². The quantitative estimate of drug-likeness (QED) is 0.615. The third-order valence-electron chi connectivity index (χ3n) is 6.31. The van der Waals surface area contributed by atoms with Gasteiger partial charge in [0, 0.05) is 42.9 Å². The molecule has 0 unspecified atom stereocenters. The molecule has 4 heterocycles. The Hall–Kier alpha value is -3.68. The molecule has 2 amide bonds. The van der Waals surface area contributed by atoms with Gasteiger partial charge in [0.1, 0.15) is 23.2 Å². The van der Waals surface area contributed by atoms with Crippen molar-refractivity contribution in [1.29, 1.82) is 0 Å². The third-order valence-corrected chi connectivity index (χ3v) is 6.31. The molecule has 7 nitrogen and oxygen atoms in total. The molecule has 0 radical (unpaired) electrons. The van der Waals surface area contributed by atoms with E-state index in [0.29, 0.717) is 48.8 Å². The number of aryl methyl sites for hydroxylation is 1. The maximum atomic E-state index is 13.7. The first-order valence-corrected chi connectivity index (χ1v) is 11.1. The van der Waals surface area contributed by atoms with Crippen LogP contribution in [0.4, 0.5) is 10.2 Å². The number of anilines is 1. The van der Waals surface area contributed by atoms with Gasteiger partial charge in [0.2, 0.25) is 5.91 Å². The van der Waals surface area contributed by atoms with Crippen molar-refractivity contribution in [2.24, 2.45) is 0 Å². The number of fused-ring (bicyclic) bond motifs is 1. The normalized spacial score (nSPS) is 17.9. The minimum Gasteiger partial charge on any atom is -0.337 e. The highest BCUT2D eigenvalue weighted by Crippen LogP contribution is 2.33. The average Bonchev–Trinajstić information content (AvgIpc) is 3.31. The van der Waals surface area contributed by atoms with Crippen LogP contribution in [0.1, 0.15) is 51.9 Å². The van der Waals surface area contributed by atoms with Crippen molar-refractivity contribution in [3.63, 3.8) is 0 Å². The molecule has 1 aromatic carbocycles. The number of carbonyl (C=O) groups excluding carboxylic acids is 2. The second-order valence-corrected chi connectivity index (χ2v) is 8.53. The van der Waals surface area contributed by atoms with Crippen LogP contribution in [0.25, 0.3) is 0 Å². The van der Waals surface area contributed by atoms with E-state index in [4.69, 9.17) is 9.97 Å². The molecule has 33 heavy (non-hydrogen) atoms. The second-order valence-electron chi connectivity index (χ2n) is 8.53. The van der Waals surface area contributed by atoms with Crippen LogP contribution in [-0.4, -0.2) is 44.8 Å². The fraction of sp³-hybridized carbons (Fsp3) is 0.320. The van der Waals surface area contributed by atoms with Crippen molar-refractivity contribution in [2.75, 3.05) is 18.0 Å². The molecule has 8 heteroatoms. The summed E-state index contributed by atoms with van der Waals surface area (Å²) in [6.07, 6.45) is 3.33. The second kappa shape index (κ2) is 8.69. The molecular formula is C25H24FN5O2. The number of aromatic nitrogens is 3. The van der Waals surface area contributed by atoms with E-state index in [1.165, 1.54) is 12.1 Å². The number of hydrogen-bond acceptors (Lipinski definition) is 5. The summed E-state index contributed by atoms with van der Waals surface area (Å²) in [6, 6.07) is 11.6. The monoisotopic (exact) mass is 445 g/mol. The van der Waals surface area contributed by atoms with Crippen molar-refractivity contribution in [3.8, 4) is 0 Å². The van der Waals surface area contributed by atoms with Gasteiger partial charge in [-0.3, -0.25) is 19.5 Å². The zero-order valence-corrected chi connectivity index (χ0v) is 18.4. The summed E-state index contributed by atoms with van der Waals surface area (Å²) in [5.74, 6) is 0.758. The van der Waals surface area contributed by atoms with Crippen molar-refractivity contribution in [3.05, 3.63) is 82.8 Å². The van der Waals surface area contributed by atoms with Crippen molar-refractivity contribution in [2.45, 2.75) is 38.6 Å². The van der Waals surface area contributed by atoms with E-state index in [9.17, 15) is 14.0 Å². The lowest BCUT2D eigenvalue weighted by Gasteiger charge is -2.30. The first-order valence-electron chi connectivity index (χ1n) is 11.1. The lowest BCUT2D eigenvalue weighted by atomic mass is 10.0. The lowest BCUT2D eigenvalue weighted by molar-refractivity contribution is -0.119. The van der Waals surface area contributed by atoms with E-state index in [0.717, 1.165) is 17.7 Å². The SMILES string of the molecule is Cc1nc([C@H]2CCN(C(=O)c3ccccn3)C2)nc2c1CCC(=O)N2Cc1cccc(F)c1. The van der Waals surface area contributed by atoms with Crippen molar-refractivity contribution >= 4 is 17.6 Å². The zero-order valence-electron chi connectivity index (χ0n) is 18.4. The molecule has 0 spiro atoms. The molecule has 0 N–H and O–H groups in total. The third kappa shape index (κ3) is 4.20. The Morgan fingerprint density at radius 2 is 2.03 bits per heavy atom. The Morgan fingerprint density at radius 3 is 2.82 bits per heavy atom. The minimum absolute atomic E-state index is 0.0188. The van der Waals surface area contributed by atoms with Crippen molar-refractivity contribution < 1.29 is 14.0 Å². The Morgan fingerprint density at radius 1 is 1.15 bits per heavy atom. The van der Waals surface area contributed by atoms with Crippen LogP contribution >= 0.6 is 0 Å². The van der Waals surface area contributed by atoms with Crippen LogP contribution in [0.15, 0.2) is 48.7 Å². The van der Waals surface area contributed by atoms with E-state index in [1.807, 2.05) is 6.92 Å². The van der Waals surface area contributed by atoms with Crippen LogP contribution in [0.5, 0.6) is 0 Å². The Kier molecular flexibility index (Phi) is 5.58. The first kappa shape index (κ1) is 21.2. The molecule has 2 aromatic heterocycles. The smallest absolute Gasteiger partial charge is 0.272 e.